The normalized spacial score (nSPS) is 15.7. The van der Waals surface area contributed by atoms with E-state index in [0.29, 0.717) is 12.3 Å². The van der Waals surface area contributed by atoms with Gasteiger partial charge in [0.25, 0.3) is 5.91 Å². The van der Waals surface area contributed by atoms with Crippen LogP contribution in [0.4, 0.5) is 20.2 Å². The monoisotopic (exact) mass is 428 g/mol. The first kappa shape index (κ1) is 23.5. The minimum atomic E-state index is -3.15. The number of rotatable bonds is 7. The van der Waals surface area contributed by atoms with Crippen LogP contribution in [-0.4, -0.2) is 56.7 Å². The summed E-state index contributed by atoms with van der Waals surface area (Å²) in [6.45, 7) is 2.13. The van der Waals surface area contributed by atoms with Gasteiger partial charge in [0.05, 0.1) is 12.3 Å². The number of anilines is 2. The topological polar surface area (TPSA) is 123 Å². The first-order chi connectivity index (χ1) is 14.0. The molecular weight excluding hydrogens is 402 g/mol. The van der Waals surface area contributed by atoms with Gasteiger partial charge in [-0.1, -0.05) is 20.8 Å². The Bertz CT molecular complexity index is 798. The van der Waals surface area contributed by atoms with Crippen LogP contribution >= 0.6 is 0 Å². The Balaban J connectivity index is 2.23. The van der Waals surface area contributed by atoms with E-state index in [1.54, 1.807) is 20.8 Å². The number of hydrogen-bond donors (Lipinski definition) is 3. The van der Waals surface area contributed by atoms with Crippen LogP contribution in [0, 0.1) is 5.41 Å². The number of benzene rings is 1. The Hall–Kier alpha value is -2.79. The fraction of sp³-hybridized carbons (Fsp3) is 0.526. The molecule has 0 spiro atoms. The predicted octanol–water partition coefficient (Wildman–Crippen LogP) is 1.08. The molecule has 0 saturated carbocycles. The van der Waals surface area contributed by atoms with Crippen molar-refractivity contribution in [1.82, 2.24) is 5.32 Å². The van der Waals surface area contributed by atoms with Crippen LogP contribution in [0.15, 0.2) is 18.2 Å². The van der Waals surface area contributed by atoms with Gasteiger partial charge in [0, 0.05) is 30.3 Å². The molecule has 2 rings (SSSR count). The van der Waals surface area contributed by atoms with Gasteiger partial charge in [-0.05, 0) is 12.1 Å². The SMILES string of the molecule is CC(C)(C)C(=O)N[C@H](CN)C(=O)Nc1ccc(N2CCOCC2=O)cc1OC(F)F. The fourth-order valence-corrected chi connectivity index (χ4v) is 2.59. The second kappa shape index (κ2) is 9.81. The molecule has 3 amide bonds. The summed E-state index contributed by atoms with van der Waals surface area (Å²) in [6.07, 6.45) is 0. The maximum Gasteiger partial charge on any atom is 0.387 e. The standard InChI is InChI=1S/C19H26F2N4O5/c1-19(2,3)17(28)24-13(9-22)16(27)23-12-5-4-11(8-14(12)30-18(20)21)25-6-7-29-10-15(25)26/h4-5,8,13,18H,6-7,9-10,22H2,1-3H3,(H,23,27)(H,24,28)/t13-/m1/s1. The molecule has 1 aliphatic rings. The van der Waals surface area contributed by atoms with Gasteiger partial charge in [0.2, 0.25) is 11.8 Å². The van der Waals surface area contributed by atoms with Crippen molar-refractivity contribution in [2.45, 2.75) is 33.4 Å². The van der Waals surface area contributed by atoms with E-state index < -0.39 is 29.9 Å². The van der Waals surface area contributed by atoms with E-state index in [-0.39, 0.29) is 37.0 Å². The second-order valence-corrected chi connectivity index (χ2v) is 7.66. The van der Waals surface area contributed by atoms with Crippen LogP contribution in [0.5, 0.6) is 5.75 Å². The molecule has 1 aromatic rings. The van der Waals surface area contributed by atoms with Crippen LogP contribution in [0.2, 0.25) is 0 Å². The van der Waals surface area contributed by atoms with Crippen molar-refractivity contribution in [1.29, 1.82) is 0 Å². The molecule has 11 heteroatoms. The lowest BCUT2D eigenvalue weighted by atomic mass is 9.95. The number of nitrogens with one attached hydrogen (secondary N) is 2. The van der Waals surface area contributed by atoms with Gasteiger partial charge in [-0.15, -0.1) is 0 Å². The summed E-state index contributed by atoms with van der Waals surface area (Å²) in [7, 11) is 0. The van der Waals surface area contributed by atoms with E-state index in [9.17, 15) is 23.2 Å². The lowest BCUT2D eigenvalue weighted by molar-refractivity contribution is -0.131. The molecule has 1 aliphatic heterocycles. The average molecular weight is 428 g/mol. The largest absolute Gasteiger partial charge is 0.433 e. The highest BCUT2D eigenvalue weighted by atomic mass is 19.3. The van der Waals surface area contributed by atoms with Gasteiger partial charge in [0.15, 0.2) is 5.75 Å². The summed E-state index contributed by atoms with van der Waals surface area (Å²) in [5.74, 6) is -1.73. The third-order valence-corrected chi connectivity index (χ3v) is 4.28. The van der Waals surface area contributed by atoms with E-state index >= 15 is 0 Å². The zero-order valence-electron chi connectivity index (χ0n) is 17.0. The summed E-state index contributed by atoms with van der Waals surface area (Å²) in [4.78, 5) is 38.1. The molecule has 0 aromatic heterocycles. The molecule has 1 aromatic carbocycles. The number of alkyl halides is 2. The first-order valence-electron chi connectivity index (χ1n) is 9.31. The molecule has 1 saturated heterocycles. The van der Waals surface area contributed by atoms with Crippen molar-refractivity contribution in [3.63, 3.8) is 0 Å². The average Bonchev–Trinajstić information content (AvgIpc) is 2.66. The predicted molar refractivity (Wildman–Crippen MR) is 105 cm³/mol. The van der Waals surface area contributed by atoms with E-state index in [1.807, 2.05) is 0 Å². The number of hydrogen-bond acceptors (Lipinski definition) is 6. The van der Waals surface area contributed by atoms with Crippen LogP contribution in [0.25, 0.3) is 0 Å². The van der Waals surface area contributed by atoms with Crippen molar-refractivity contribution in [2.24, 2.45) is 11.1 Å². The smallest absolute Gasteiger partial charge is 0.387 e. The minimum absolute atomic E-state index is 0.0479. The number of morpholine rings is 1. The van der Waals surface area contributed by atoms with Gasteiger partial charge in [-0.2, -0.15) is 8.78 Å². The molecular formula is C19H26F2N4O5. The first-order valence-corrected chi connectivity index (χ1v) is 9.31. The van der Waals surface area contributed by atoms with Gasteiger partial charge in [-0.25, -0.2) is 0 Å². The van der Waals surface area contributed by atoms with Gasteiger partial charge >= 0.3 is 6.61 Å². The molecule has 1 fully saturated rings. The molecule has 0 radical (unpaired) electrons. The van der Waals surface area contributed by atoms with E-state index in [4.69, 9.17) is 10.5 Å². The summed E-state index contributed by atoms with van der Waals surface area (Å²) in [6, 6.07) is 2.99. The van der Waals surface area contributed by atoms with Crippen LogP contribution in [-0.2, 0) is 19.1 Å². The third kappa shape index (κ3) is 6.10. The second-order valence-electron chi connectivity index (χ2n) is 7.66. The fourth-order valence-electron chi connectivity index (χ4n) is 2.59. The molecule has 0 bridgehead atoms. The van der Waals surface area contributed by atoms with Crippen molar-refractivity contribution >= 4 is 29.1 Å². The molecule has 0 unspecified atom stereocenters. The number of nitrogens with zero attached hydrogens (tertiary/aromatic N) is 1. The van der Waals surface area contributed by atoms with E-state index in [2.05, 4.69) is 15.4 Å². The van der Waals surface area contributed by atoms with Gasteiger partial charge < -0.3 is 30.7 Å². The van der Waals surface area contributed by atoms with Crippen LogP contribution in [0.1, 0.15) is 20.8 Å². The quantitative estimate of drug-likeness (QED) is 0.597. The molecule has 166 valence electrons. The van der Waals surface area contributed by atoms with Gasteiger partial charge in [0.1, 0.15) is 12.6 Å². The Morgan fingerprint density at radius 1 is 1.33 bits per heavy atom. The van der Waals surface area contributed by atoms with E-state index in [1.165, 1.54) is 23.1 Å². The van der Waals surface area contributed by atoms with Gasteiger partial charge in [-0.3, -0.25) is 14.4 Å². The highest BCUT2D eigenvalue weighted by Gasteiger charge is 2.28. The number of halogens is 2. The van der Waals surface area contributed by atoms with Crippen molar-refractivity contribution < 1.29 is 32.6 Å². The summed E-state index contributed by atoms with van der Waals surface area (Å²) in [5, 5.41) is 4.97. The molecule has 30 heavy (non-hydrogen) atoms. The maximum absolute atomic E-state index is 12.9. The molecule has 4 N–H and O–H groups in total. The highest BCUT2D eigenvalue weighted by Crippen LogP contribution is 2.32. The maximum atomic E-state index is 12.9. The Kier molecular flexibility index (Phi) is 7.68. The number of nitrogens with two attached hydrogens (primary N) is 1. The molecule has 0 aliphatic carbocycles. The van der Waals surface area contributed by atoms with Crippen molar-refractivity contribution in [2.75, 3.05) is 36.5 Å². The molecule has 1 atom stereocenters. The zero-order valence-corrected chi connectivity index (χ0v) is 17.0. The Labute approximate surface area is 172 Å². The van der Waals surface area contributed by atoms with Crippen molar-refractivity contribution in [3.8, 4) is 5.75 Å². The minimum Gasteiger partial charge on any atom is -0.433 e. The summed E-state index contributed by atoms with van der Waals surface area (Å²) < 4.78 is 35.4. The number of amides is 3. The number of ether oxygens (including phenoxy) is 2. The third-order valence-electron chi connectivity index (χ3n) is 4.28. The molecule has 9 nitrogen and oxygen atoms in total. The summed E-state index contributed by atoms with van der Waals surface area (Å²) >= 11 is 0. The number of carbonyl (C=O) groups excluding carboxylic acids is 3. The highest BCUT2D eigenvalue weighted by molar-refractivity contribution is 6.00. The van der Waals surface area contributed by atoms with Crippen molar-refractivity contribution in [3.05, 3.63) is 18.2 Å². The van der Waals surface area contributed by atoms with Crippen LogP contribution in [0.3, 0.4) is 0 Å². The van der Waals surface area contributed by atoms with Crippen LogP contribution < -0.4 is 26.0 Å². The zero-order chi connectivity index (χ0) is 22.5. The lowest BCUT2D eigenvalue weighted by Crippen LogP contribution is -2.51. The summed E-state index contributed by atoms with van der Waals surface area (Å²) in [5.41, 5.74) is 5.12. The van der Waals surface area contributed by atoms with E-state index in [0.717, 1.165) is 0 Å². The Morgan fingerprint density at radius 2 is 2.03 bits per heavy atom. The molecule has 1 heterocycles. The Morgan fingerprint density at radius 3 is 2.60 bits per heavy atom. The number of carbonyl (C=O) groups is 3. The lowest BCUT2D eigenvalue weighted by Gasteiger charge is -2.28.